The van der Waals surface area contributed by atoms with Gasteiger partial charge in [-0.15, -0.1) is 0 Å². The van der Waals surface area contributed by atoms with Crippen molar-refractivity contribution in [1.29, 1.82) is 0 Å². The van der Waals surface area contributed by atoms with E-state index < -0.39 is 49.4 Å². The summed E-state index contributed by atoms with van der Waals surface area (Å²) in [5, 5.41) is 39.8. The fraction of sp³-hybridized carbons (Fsp3) is 0.846. The number of carbonyl (C=O) groups excluding carboxylic acids is 2. The Balaban J connectivity index is 2.33. The molecule has 0 aliphatic carbocycles. The lowest BCUT2D eigenvalue weighted by atomic mass is 9.99. The number of esters is 2. The molecule has 286 valence electrons. The molecule has 1 aliphatic rings. The molecule has 6 atom stereocenters. The highest BCUT2D eigenvalue weighted by atomic mass is 16.7. The Labute approximate surface area is 296 Å². The molecule has 1 rings (SSSR count). The van der Waals surface area contributed by atoms with Gasteiger partial charge in [0.1, 0.15) is 31.0 Å². The van der Waals surface area contributed by atoms with Crippen LogP contribution in [-0.2, 0) is 28.5 Å². The van der Waals surface area contributed by atoms with Gasteiger partial charge >= 0.3 is 11.9 Å². The zero-order valence-corrected chi connectivity index (χ0v) is 30.7. The third-order valence-electron chi connectivity index (χ3n) is 8.84. The van der Waals surface area contributed by atoms with Crippen molar-refractivity contribution in [3.05, 3.63) is 24.3 Å². The summed E-state index contributed by atoms with van der Waals surface area (Å²) in [5.74, 6) is -0.825. The van der Waals surface area contributed by atoms with E-state index in [4.69, 9.17) is 18.9 Å². The summed E-state index contributed by atoms with van der Waals surface area (Å²) in [7, 11) is 0. The molecule has 10 nitrogen and oxygen atoms in total. The van der Waals surface area contributed by atoms with E-state index in [1.54, 1.807) is 0 Å². The van der Waals surface area contributed by atoms with Gasteiger partial charge < -0.3 is 39.4 Å². The molecule has 6 unspecified atom stereocenters. The van der Waals surface area contributed by atoms with Crippen LogP contribution in [0.5, 0.6) is 0 Å². The van der Waals surface area contributed by atoms with Crippen LogP contribution in [0.15, 0.2) is 24.3 Å². The van der Waals surface area contributed by atoms with Gasteiger partial charge in [0, 0.05) is 12.8 Å². The first-order valence-electron chi connectivity index (χ1n) is 19.4. The second kappa shape index (κ2) is 31.0. The topological polar surface area (TPSA) is 152 Å². The molecular weight excluding hydrogens is 628 g/mol. The summed E-state index contributed by atoms with van der Waals surface area (Å²) in [6, 6.07) is 0. The van der Waals surface area contributed by atoms with Crippen LogP contribution in [0.3, 0.4) is 0 Å². The number of unbranched alkanes of at least 4 members (excludes halogenated alkanes) is 16. The summed E-state index contributed by atoms with van der Waals surface area (Å²) in [4.78, 5) is 25.0. The first kappa shape index (κ1) is 45.2. The van der Waals surface area contributed by atoms with E-state index >= 15 is 0 Å². The number of aliphatic hydroxyl groups is 4. The normalized spacial score (nSPS) is 21.8. The third-order valence-corrected chi connectivity index (χ3v) is 8.84. The van der Waals surface area contributed by atoms with Crippen molar-refractivity contribution in [2.75, 3.05) is 19.8 Å². The van der Waals surface area contributed by atoms with Gasteiger partial charge in [0.2, 0.25) is 0 Å². The summed E-state index contributed by atoms with van der Waals surface area (Å²) in [6.45, 7) is 3.31. The standard InChI is InChI=1S/C39H70O10/c1-3-5-7-9-11-12-13-14-15-16-17-18-19-20-21-22-24-26-28-35(42)48-32(30-46-34(41)27-25-23-10-8-6-4-2)31-47-39-38(45)37(44)36(43)33(29-40)49-39/h12-13,15-16,32-33,36-40,43-45H,3-11,14,17-31H2,1-2H3/b13-12-,16-15-. The van der Waals surface area contributed by atoms with Crippen molar-refractivity contribution >= 4 is 11.9 Å². The van der Waals surface area contributed by atoms with Gasteiger partial charge in [-0.3, -0.25) is 9.59 Å². The molecular formula is C39H70O10. The van der Waals surface area contributed by atoms with Gasteiger partial charge in [0.25, 0.3) is 0 Å². The average Bonchev–Trinajstić information content (AvgIpc) is 3.10. The van der Waals surface area contributed by atoms with Gasteiger partial charge in [0.05, 0.1) is 13.2 Å². The largest absolute Gasteiger partial charge is 0.462 e. The molecule has 10 heteroatoms. The number of rotatable bonds is 31. The van der Waals surface area contributed by atoms with E-state index in [-0.39, 0.29) is 32.0 Å². The first-order chi connectivity index (χ1) is 23.8. The molecule has 1 heterocycles. The lowest BCUT2D eigenvalue weighted by Gasteiger charge is -2.39. The van der Waals surface area contributed by atoms with Crippen LogP contribution in [0.1, 0.15) is 155 Å². The quantitative estimate of drug-likeness (QED) is 0.0339. The Bertz CT molecular complexity index is 861. The van der Waals surface area contributed by atoms with E-state index in [2.05, 4.69) is 38.2 Å². The molecule has 0 aromatic rings. The molecule has 0 aromatic heterocycles. The Morgan fingerprint density at radius 3 is 1.71 bits per heavy atom. The Morgan fingerprint density at radius 1 is 0.633 bits per heavy atom. The van der Waals surface area contributed by atoms with Crippen LogP contribution in [0.25, 0.3) is 0 Å². The molecule has 1 aliphatic heterocycles. The maximum Gasteiger partial charge on any atom is 0.306 e. The van der Waals surface area contributed by atoms with Crippen LogP contribution >= 0.6 is 0 Å². The first-order valence-corrected chi connectivity index (χ1v) is 19.4. The SMILES string of the molecule is CCCCCC/C=C\C/C=C\CCCCCCCCCC(=O)OC(COC(=O)CCCCCCCC)COC1OC(CO)C(O)C(O)C1O. The van der Waals surface area contributed by atoms with Crippen molar-refractivity contribution in [2.45, 2.75) is 192 Å². The van der Waals surface area contributed by atoms with Crippen LogP contribution in [-0.4, -0.2) is 89.0 Å². The third kappa shape index (κ3) is 23.3. The number of ether oxygens (including phenoxy) is 4. The minimum absolute atomic E-state index is 0.219. The van der Waals surface area contributed by atoms with Crippen LogP contribution < -0.4 is 0 Å². The smallest absolute Gasteiger partial charge is 0.306 e. The molecule has 49 heavy (non-hydrogen) atoms. The molecule has 1 fully saturated rings. The number of hydrogen-bond donors (Lipinski definition) is 4. The van der Waals surface area contributed by atoms with Crippen molar-refractivity contribution < 1.29 is 49.0 Å². The number of aliphatic hydroxyl groups excluding tert-OH is 4. The monoisotopic (exact) mass is 698 g/mol. The predicted octanol–water partition coefficient (Wildman–Crippen LogP) is 6.99. The summed E-state index contributed by atoms with van der Waals surface area (Å²) < 4.78 is 21.9. The van der Waals surface area contributed by atoms with Gasteiger partial charge in [-0.25, -0.2) is 0 Å². The summed E-state index contributed by atoms with van der Waals surface area (Å²) in [6.07, 6.45) is 23.6. The molecule has 0 bridgehead atoms. The fourth-order valence-electron chi connectivity index (χ4n) is 5.69. The molecule has 0 amide bonds. The highest BCUT2D eigenvalue weighted by molar-refractivity contribution is 5.70. The summed E-state index contributed by atoms with van der Waals surface area (Å²) in [5.41, 5.74) is 0. The van der Waals surface area contributed by atoms with E-state index in [0.717, 1.165) is 64.2 Å². The fourth-order valence-corrected chi connectivity index (χ4v) is 5.69. The predicted molar refractivity (Wildman–Crippen MR) is 192 cm³/mol. The maximum atomic E-state index is 12.7. The van der Waals surface area contributed by atoms with Crippen LogP contribution in [0, 0.1) is 0 Å². The van der Waals surface area contributed by atoms with E-state index in [1.165, 1.54) is 57.8 Å². The van der Waals surface area contributed by atoms with Crippen LogP contribution in [0.2, 0.25) is 0 Å². The molecule has 0 spiro atoms. The number of carbonyl (C=O) groups is 2. The lowest BCUT2D eigenvalue weighted by Crippen LogP contribution is -2.59. The maximum absolute atomic E-state index is 12.7. The Hall–Kier alpha value is -1.82. The molecule has 0 aromatic carbocycles. The molecule has 0 saturated carbocycles. The molecule has 0 radical (unpaired) electrons. The van der Waals surface area contributed by atoms with Crippen molar-refractivity contribution in [3.63, 3.8) is 0 Å². The van der Waals surface area contributed by atoms with Crippen molar-refractivity contribution in [2.24, 2.45) is 0 Å². The summed E-state index contributed by atoms with van der Waals surface area (Å²) >= 11 is 0. The highest BCUT2D eigenvalue weighted by Gasteiger charge is 2.44. The Morgan fingerprint density at radius 2 is 1.14 bits per heavy atom. The Kier molecular flexibility index (Phi) is 28.6. The number of allylic oxidation sites excluding steroid dienone is 4. The zero-order chi connectivity index (χ0) is 36.0. The van der Waals surface area contributed by atoms with Crippen molar-refractivity contribution in [1.82, 2.24) is 0 Å². The number of hydrogen-bond acceptors (Lipinski definition) is 10. The van der Waals surface area contributed by atoms with Gasteiger partial charge in [-0.1, -0.05) is 122 Å². The zero-order valence-electron chi connectivity index (χ0n) is 30.7. The van der Waals surface area contributed by atoms with Crippen molar-refractivity contribution in [3.8, 4) is 0 Å². The lowest BCUT2D eigenvalue weighted by molar-refractivity contribution is -0.305. The minimum Gasteiger partial charge on any atom is -0.462 e. The van der Waals surface area contributed by atoms with E-state index in [1.807, 2.05) is 0 Å². The minimum atomic E-state index is -1.59. The van der Waals surface area contributed by atoms with Gasteiger partial charge in [-0.2, -0.15) is 0 Å². The molecule has 4 N–H and O–H groups in total. The van der Waals surface area contributed by atoms with Gasteiger partial charge in [-0.05, 0) is 44.9 Å². The second-order valence-corrected chi connectivity index (χ2v) is 13.4. The molecule has 1 saturated heterocycles. The van der Waals surface area contributed by atoms with Crippen LogP contribution in [0.4, 0.5) is 0 Å². The average molecular weight is 699 g/mol. The van der Waals surface area contributed by atoms with E-state index in [0.29, 0.717) is 6.42 Å². The van der Waals surface area contributed by atoms with Gasteiger partial charge in [0.15, 0.2) is 12.4 Å². The second-order valence-electron chi connectivity index (χ2n) is 13.4. The van der Waals surface area contributed by atoms with E-state index in [9.17, 15) is 30.0 Å². The highest BCUT2D eigenvalue weighted by Crippen LogP contribution is 2.22.